The summed E-state index contributed by atoms with van der Waals surface area (Å²) >= 11 is 1.38. The molecule has 5 heteroatoms. The Morgan fingerprint density at radius 1 is 1.50 bits per heavy atom. The van der Waals surface area contributed by atoms with Crippen LogP contribution in [0.15, 0.2) is 0 Å². The molecule has 0 unspecified atom stereocenters. The number of hydrogen-bond donors (Lipinski definition) is 2. The van der Waals surface area contributed by atoms with Gasteiger partial charge in [-0.3, -0.25) is 0 Å². The van der Waals surface area contributed by atoms with E-state index < -0.39 is 0 Å². The Kier molecular flexibility index (Phi) is 2.64. The minimum atomic E-state index is -0.121. The summed E-state index contributed by atoms with van der Waals surface area (Å²) in [4.78, 5) is 0. The monoisotopic (exact) mass is 187 g/mol. The van der Waals surface area contributed by atoms with Gasteiger partial charge in [-0.15, -0.1) is 10.2 Å². The fraction of sp³-hybridized carbons (Fsp3) is 0.714. The Bertz CT molecular complexity index is 259. The summed E-state index contributed by atoms with van der Waals surface area (Å²) in [6.07, 6.45) is 0.682. The van der Waals surface area contributed by atoms with Crippen molar-refractivity contribution in [1.82, 2.24) is 10.2 Å². The number of nitrogens with two attached hydrogens (primary N) is 1. The Hall–Kier alpha value is -0.680. The quantitative estimate of drug-likeness (QED) is 0.733. The van der Waals surface area contributed by atoms with E-state index in [-0.39, 0.29) is 12.0 Å². The highest BCUT2D eigenvalue weighted by Gasteiger charge is 2.24. The third-order valence-electron chi connectivity index (χ3n) is 1.76. The molecule has 4 nitrogen and oxygen atoms in total. The molecular weight excluding hydrogens is 174 g/mol. The number of nitrogens with zero attached hydrogens (tertiary/aromatic N) is 2. The Morgan fingerprint density at radius 2 is 2.17 bits per heavy atom. The first-order chi connectivity index (χ1) is 5.56. The van der Waals surface area contributed by atoms with E-state index in [9.17, 15) is 0 Å². The molecule has 0 aliphatic heterocycles. The molecule has 0 atom stereocenters. The zero-order chi connectivity index (χ0) is 9.19. The molecule has 0 fully saturated rings. The lowest BCUT2D eigenvalue weighted by Gasteiger charge is -2.18. The largest absolute Gasteiger partial charge is 0.396 e. The molecule has 1 heterocycles. The van der Waals surface area contributed by atoms with Crippen molar-refractivity contribution >= 4 is 16.5 Å². The van der Waals surface area contributed by atoms with Crippen LogP contribution in [0.25, 0.3) is 0 Å². The van der Waals surface area contributed by atoms with E-state index in [1.165, 1.54) is 11.3 Å². The molecule has 0 amide bonds. The van der Waals surface area contributed by atoms with Crippen LogP contribution in [0, 0.1) is 0 Å². The van der Waals surface area contributed by atoms with Crippen molar-refractivity contribution in [3.8, 4) is 0 Å². The lowest BCUT2D eigenvalue weighted by Crippen LogP contribution is -2.18. The zero-order valence-electron chi connectivity index (χ0n) is 7.24. The van der Waals surface area contributed by atoms with Gasteiger partial charge in [-0.25, -0.2) is 0 Å². The van der Waals surface area contributed by atoms with Crippen molar-refractivity contribution in [3.63, 3.8) is 0 Å². The van der Waals surface area contributed by atoms with E-state index in [2.05, 4.69) is 10.2 Å². The minimum absolute atomic E-state index is 0.121. The lowest BCUT2D eigenvalue weighted by atomic mass is 9.91. The maximum Gasteiger partial charge on any atom is 0.203 e. The van der Waals surface area contributed by atoms with E-state index in [1.807, 2.05) is 13.8 Å². The summed E-state index contributed by atoms with van der Waals surface area (Å²) in [6, 6.07) is 0. The molecule has 3 N–H and O–H groups in total. The van der Waals surface area contributed by atoms with Crippen LogP contribution >= 0.6 is 11.3 Å². The molecule has 1 rings (SSSR count). The van der Waals surface area contributed by atoms with E-state index in [0.717, 1.165) is 5.01 Å². The first-order valence-electron chi connectivity index (χ1n) is 3.76. The molecule has 1 aromatic rings. The average molecular weight is 187 g/mol. The Morgan fingerprint density at radius 3 is 2.58 bits per heavy atom. The number of aliphatic hydroxyl groups excluding tert-OH is 1. The maximum atomic E-state index is 8.80. The highest BCUT2D eigenvalue weighted by atomic mass is 32.1. The van der Waals surface area contributed by atoms with Gasteiger partial charge >= 0.3 is 0 Å². The normalized spacial score (nSPS) is 11.9. The van der Waals surface area contributed by atoms with Crippen LogP contribution in [0.5, 0.6) is 0 Å². The minimum Gasteiger partial charge on any atom is -0.396 e. The van der Waals surface area contributed by atoms with Gasteiger partial charge in [0, 0.05) is 12.0 Å². The maximum absolute atomic E-state index is 8.80. The van der Waals surface area contributed by atoms with Gasteiger partial charge in [0.05, 0.1) is 0 Å². The Labute approximate surface area is 75.4 Å². The topological polar surface area (TPSA) is 72.0 Å². The van der Waals surface area contributed by atoms with E-state index in [0.29, 0.717) is 11.6 Å². The molecule has 0 aliphatic rings. The SMILES string of the molecule is CC(C)(CCO)c1nnc(N)s1. The van der Waals surface area contributed by atoms with Gasteiger partial charge in [-0.2, -0.15) is 0 Å². The number of aromatic nitrogens is 2. The van der Waals surface area contributed by atoms with Gasteiger partial charge in [0.15, 0.2) is 0 Å². The number of anilines is 1. The molecule has 1 aromatic heterocycles. The predicted molar refractivity (Wildman–Crippen MR) is 49.1 cm³/mol. The first kappa shape index (κ1) is 9.41. The van der Waals surface area contributed by atoms with E-state index in [1.54, 1.807) is 0 Å². The zero-order valence-corrected chi connectivity index (χ0v) is 8.06. The van der Waals surface area contributed by atoms with Crippen LogP contribution in [-0.2, 0) is 5.41 Å². The van der Waals surface area contributed by atoms with Gasteiger partial charge < -0.3 is 10.8 Å². The first-order valence-corrected chi connectivity index (χ1v) is 4.58. The molecule has 0 spiro atoms. The Balaban J connectivity index is 2.81. The van der Waals surface area contributed by atoms with Crippen molar-refractivity contribution in [2.75, 3.05) is 12.3 Å². The molecule has 0 aliphatic carbocycles. The van der Waals surface area contributed by atoms with Crippen LogP contribution in [0.1, 0.15) is 25.3 Å². The number of hydrogen-bond acceptors (Lipinski definition) is 5. The summed E-state index contributed by atoms with van der Waals surface area (Å²) in [5, 5.41) is 17.8. The second-order valence-electron chi connectivity index (χ2n) is 3.30. The third kappa shape index (κ3) is 1.92. The van der Waals surface area contributed by atoms with Crippen LogP contribution in [0.3, 0.4) is 0 Å². The van der Waals surface area contributed by atoms with Gasteiger partial charge in [-0.1, -0.05) is 25.2 Å². The molecule has 0 radical (unpaired) electrons. The van der Waals surface area contributed by atoms with Crippen molar-refractivity contribution < 1.29 is 5.11 Å². The summed E-state index contributed by atoms with van der Waals surface area (Å²) < 4.78 is 0. The molecule has 68 valence electrons. The van der Waals surface area contributed by atoms with Gasteiger partial charge in [0.1, 0.15) is 5.01 Å². The highest BCUT2D eigenvalue weighted by Crippen LogP contribution is 2.29. The van der Waals surface area contributed by atoms with Crippen molar-refractivity contribution in [2.24, 2.45) is 0 Å². The lowest BCUT2D eigenvalue weighted by molar-refractivity contribution is 0.251. The van der Waals surface area contributed by atoms with Crippen LogP contribution < -0.4 is 5.73 Å². The fourth-order valence-electron chi connectivity index (χ4n) is 0.895. The third-order valence-corrected chi connectivity index (χ3v) is 2.87. The highest BCUT2D eigenvalue weighted by molar-refractivity contribution is 7.15. The predicted octanol–water partition coefficient (Wildman–Crippen LogP) is 0.780. The number of rotatable bonds is 3. The number of aliphatic hydroxyl groups is 1. The second-order valence-corrected chi connectivity index (χ2v) is 4.31. The van der Waals surface area contributed by atoms with Gasteiger partial charge in [-0.05, 0) is 6.42 Å². The standard InChI is InChI=1S/C7H13N3OS/c1-7(2,3-4-11)5-9-10-6(8)12-5/h11H,3-4H2,1-2H3,(H2,8,10). The van der Waals surface area contributed by atoms with E-state index >= 15 is 0 Å². The smallest absolute Gasteiger partial charge is 0.203 e. The van der Waals surface area contributed by atoms with Gasteiger partial charge in [0.25, 0.3) is 0 Å². The van der Waals surface area contributed by atoms with Gasteiger partial charge in [0.2, 0.25) is 5.13 Å². The molecule has 12 heavy (non-hydrogen) atoms. The molecule has 0 saturated heterocycles. The molecular formula is C7H13N3OS. The van der Waals surface area contributed by atoms with Crippen molar-refractivity contribution in [3.05, 3.63) is 5.01 Å². The van der Waals surface area contributed by atoms with Crippen molar-refractivity contribution in [2.45, 2.75) is 25.7 Å². The number of nitrogen functional groups attached to an aromatic ring is 1. The molecule has 0 saturated carbocycles. The van der Waals surface area contributed by atoms with Crippen LogP contribution in [0.2, 0.25) is 0 Å². The summed E-state index contributed by atoms with van der Waals surface area (Å²) in [7, 11) is 0. The van der Waals surface area contributed by atoms with E-state index in [4.69, 9.17) is 10.8 Å². The summed E-state index contributed by atoms with van der Waals surface area (Å²) in [5.41, 5.74) is 5.33. The summed E-state index contributed by atoms with van der Waals surface area (Å²) in [6.45, 7) is 4.19. The fourth-order valence-corrected chi connectivity index (χ4v) is 1.63. The van der Waals surface area contributed by atoms with Crippen LogP contribution in [-0.4, -0.2) is 21.9 Å². The second kappa shape index (κ2) is 3.37. The average Bonchev–Trinajstić information content (AvgIpc) is 2.36. The molecule has 0 bridgehead atoms. The van der Waals surface area contributed by atoms with Crippen LogP contribution in [0.4, 0.5) is 5.13 Å². The summed E-state index contributed by atoms with van der Waals surface area (Å²) in [5.74, 6) is 0. The molecule has 0 aromatic carbocycles. The van der Waals surface area contributed by atoms with Crippen molar-refractivity contribution in [1.29, 1.82) is 0 Å².